The Balaban J connectivity index is 2.25. The zero-order valence-electron chi connectivity index (χ0n) is 12.0. The predicted molar refractivity (Wildman–Crippen MR) is 78.1 cm³/mol. The molecule has 0 atom stereocenters. The van der Waals surface area contributed by atoms with Gasteiger partial charge in [-0.05, 0) is 18.2 Å². The first kappa shape index (κ1) is 13.2. The third-order valence-corrected chi connectivity index (χ3v) is 3.26. The van der Waals surface area contributed by atoms with E-state index in [9.17, 15) is 0 Å². The summed E-state index contributed by atoms with van der Waals surface area (Å²) in [6.07, 6.45) is 1.90. The number of fused-ring (bicyclic) bond motifs is 1. The summed E-state index contributed by atoms with van der Waals surface area (Å²) in [5.41, 5.74) is 1.55. The van der Waals surface area contributed by atoms with Gasteiger partial charge < -0.3 is 14.2 Å². The molecule has 6 heteroatoms. The fraction of sp³-hybridized carbons (Fsp3) is 0.200. The number of hydrogen-bond acceptors (Lipinski definition) is 5. The highest BCUT2D eigenvalue weighted by molar-refractivity contribution is 5.71. The van der Waals surface area contributed by atoms with E-state index in [1.54, 1.807) is 27.4 Å². The van der Waals surface area contributed by atoms with Crippen molar-refractivity contribution >= 4 is 5.65 Å². The molecule has 21 heavy (non-hydrogen) atoms. The molecule has 0 spiro atoms. The van der Waals surface area contributed by atoms with Crippen LogP contribution in [0.3, 0.4) is 0 Å². The van der Waals surface area contributed by atoms with Crippen molar-refractivity contribution in [2.75, 3.05) is 21.3 Å². The Labute approximate surface area is 121 Å². The van der Waals surface area contributed by atoms with E-state index in [-0.39, 0.29) is 0 Å². The van der Waals surface area contributed by atoms with Crippen LogP contribution in [0, 0.1) is 0 Å². The topological polar surface area (TPSA) is 57.9 Å². The molecule has 2 heterocycles. The van der Waals surface area contributed by atoms with Crippen molar-refractivity contribution in [1.82, 2.24) is 14.6 Å². The Morgan fingerprint density at radius 3 is 2.29 bits per heavy atom. The third-order valence-electron chi connectivity index (χ3n) is 3.26. The second-order valence-electron chi connectivity index (χ2n) is 4.36. The van der Waals surface area contributed by atoms with Crippen LogP contribution in [-0.4, -0.2) is 35.9 Å². The molecule has 0 aliphatic heterocycles. The quantitative estimate of drug-likeness (QED) is 0.737. The molecule has 0 amide bonds. The summed E-state index contributed by atoms with van der Waals surface area (Å²) in [5.74, 6) is 2.54. The summed E-state index contributed by atoms with van der Waals surface area (Å²) >= 11 is 0. The first-order chi connectivity index (χ1) is 10.3. The predicted octanol–water partition coefficient (Wildman–Crippen LogP) is 2.42. The molecule has 1 aromatic carbocycles. The minimum atomic E-state index is 0.604. The molecule has 6 nitrogen and oxygen atoms in total. The molecular formula is C15H15N3O3. The van der Waals surface area contributed by atoms with Crippen molar-refractivity contribution in [3.63, 3.8) is 0 Å². The number of benzene rings is 1. The third kappa shape index (κ3) is 2.14. The van der Waals surface area contributed by atoms with Crippen molar-refractivity contribution in [2.24, 2.45) is 0 Å². The molecule has 2 aromatic heterocycles. The minimum Gasteiger partial charge on any atom is -0.496 e. The normalized spacial score (nSPS) is 10.6. The number of ether oxygens (including phenoxy) is 3. The Morgan fingerprint density at radius 1 is 0.857 bits per heavy atom. The van der Waals surface area contributed by atoms with Crippen LogP contribution >= 0.6 is 0 Å². The van der Waals surface area contributed by atoms with E-state index in [0.29, 0.717) is 23.1 Å². The number of hydrogen-bond donors (Lipinski definition) is 0. The average molecular weight is 285 g/mol. The van der Waals surface area contributed by atoms with Gasteiger partial charge in [0.2, 0.25) is 0 Å². The average Bonchev–Trinajstić information content (AvgIpc) is 2.97. The van der Waals surface area contributed by atoms with Crippen molar-refractivity contribution in [1.29, 1.82) is 0 Å². The molecule has 0 fully saturated rings. The summed E-state index contributed by atoms with van der Waals surface area (Å²) in [4.78, 5) is 0. The zero-order valence-corrected chi connectivity index (χ0v) is 12.0. The highest BCUT2D eigenvalue weighted by Crippen LogP contribution is 2.39. The molecule has 0 radical (unpaired) electrons. The van der Waals surface area contributed by atoms with Crippen LogP contribution in [0.5, 0.6) is 17.2 Å². The molecule has 3 aromatic rings. The second kappa shape index (κ2) is 5.32. The van der Waals surface area contributed by atoms with Crippen LogP contribution < -0.4 is 14.2 Å². The van der Waals surface area contributed by atoms with Gasteiger partial charge in [0.25, 0.3) is 0 Å². The van der Waals surface area contributed by atoms with Gasteiger partial charge in [0, 0.05) is 12.3 Å². The number of aromatic nitrogens is 3. The Bertz CT molecular complexity index is 783. The van der Waals surface area contributed by atoms with Crippen LogP contribution in [0.1, 0.15) is 0 Å². The summed E-state index contributed by atoms with van der Waals surface area (Å²) < 4.78 is 18.0. The summed E-state index contributed by atoms with van der Waals surface area (Å²) in [7, 11) is 4.79. The van der Waals surface area contributed by atoms with Crippen molar-refractivity contribution < 1.29 is 14.2 Å². The lowest BCUT2D eigenvalue weighted by atomic mass is 10.1. The van der Waals surface area contributed by atoms with E-state index in [4.69, 9.17) is 14.2 Å². The van der Waals surface area contributed by atoms with Crippen LogP contribution in [0.4, 0.5) is 0 Å². The van der Waals surface area contributed by atoms with E-state index in [2.05, 4.69) is 10.2 Å². The van der Waals surface area contributed by atoms with Gasteiger partial charge in [0.05, 0.1) is 26.9 Å². The van der Waals surface area contributed by atoms with Crippen molar-refractivity contribution in [2.45, 2.75) is 0 Å². The molecular weight excluding hydrogens is 270 g/mol. The first-order valence-corrected chi connectivity index (χ1v) is 6.38. The first-order valence-electron chi connectivity index (χ1n) is 6.38. The number of pyridine rings is 1. The lowest BCUT2D eigenvalue weighted by molar-refractivity contribution is 0.349. The van der Waals surface area contributed by atoms with Gasteiger partial charge in [-0.15, -0.1) is 10.2 Å². The SMILES string of the molecule is COc1cc(OC)c(-c2nnc3ccccn23)cc1OC. The van der Waals surface area contributed by atoms with E-state index >= 15 is 0 Å². The van der Waals surface area contributed by atoms with E-state index in [0.717, 1.165) is 11.2 Å². The fourth-order valence-corrected chi connectivity index (χ4v) is 2.23. The monoisotopic (exact) mass is 285 g/mol. The van der Waals surface area contributed by atoms with Gasteiger partial charge in [-0.2, -0.15) is 0 Å². The van der Waals surface area contributed by atoms with Gasteiger partial charge >= 0.3 is 0 Å². The lowest BCUT2D eigenvalue weighted by Gasteiger charge is -2.13. The number of nitrogens with zero attached hydrogens (tertiary/aromatic N) is 3. The summed E-state index contributed by atoms with van der Waals surface area (Å²) in [6.45, 7) is 0. The van der Waals surface area contributed by atoms with E-state index in [1.165, 1.54) is 0 Å². The summed E-state index contributed by atoms with van der Waals surface area (Å²) in [5, 5.41) is 8.40. The Hall–Kier alpha value is -2.76. The van der Waals surface area contributed by atoms with Gasteiger partial charge in [-0.25, -0.2) is 0 Å². The van der Waals surface area contributed by atoms with Gasteiger partial charge in [-0.3, -0.25) is 4.40 Å². The maximum atomic E-state index is 5.44. The minimum absolute atomic E-state index is 0.604. The van der Waals surface area contributed by atoms with Crippen LogP contribution in [0.2, 0.25) is 0 Å². The largest absolute Gasteiger partial charge is 0.496 e. The maximum absolute atomic E-state index is 5.44. The molecule has 3 rings (SSSR count). The molecule has 0 saturated heterocycles. The highest BCUT2D eigenvalue weighted by Gasteiger charge is 2.17. The van der Waals surface area contributed by atoms with E-state index < -0.39 is 0 Å². The molecule has 0 N–H and O–H groups in total. The molecule has 0 bridgehead atoms. The number of methoxy groups -OCH3 is 3. The summed E-state index contributed by atoms with van der Waals surface area (Å²) in [6, 6.07) is 9.34. The van der Waals surface area contributed by atoms with Crippen LogP contribution in [0.15, 0.2) is 36.5 Å². The van der Waals surface area contributed by atoms with Gasteiger partial charge in [-0.1, -0.05) is 6.07 Å². The molecule has 0 aliphatic carbocycles. The number of rotatable bonds is 4. The molecule has 0 aliphatic rings. The highest BCUT2D eigenvalue weighted by atomic mass is 16.5. The molecule has 0 unspecified atom stereocenters. The molecule has 108 valence electrons. The zero-order chi connectivity index (χ0) is 14.8. The van der Waals surface area contributed by atoms with Crippen molar-refractivity contribution in [3.05, 3.63) is 36.5 Å². The maximum Gasteiger partial charge on any atom is 0.172 e. The Morgan fingerprint density at radius 2 is 1.57 bits per heavy atom. The fourth-order valence-electron chi connectivity index (χ4n) is 2.23. The smallest absolute Gasteiger partial charge is 0.172 e. The Kier molecular flexibility index (Phi) is 3.35. The lowest BCUT2D eigenvalue weighted by Crippen LogP contribution is -1.97. The standard InChI is InChI=1S/C15H15N3O3/c1-19-11-9-13(21-3)12(20-2)8-10(11)15-17-16-14-6-4-5-7-18(14)15/h4-9H,1-3H3. The molecule has 0 saturated carbocycles. The van der Waals surface area contributed by atoms with Crippen LogP contribution in [0.25, 0.3) is 17.0 Å². The van der Waals surface area contributed by atoms with E-state index in [1.807, 2.05) is 34.9 Å². The van der Waals surface area contributed by atoms with Crippen molar-refractivity contribution in [3.8, 4) is 28.6 Å². The van der Waals surface area contributed by atoms with Crippen LogP contribution in [-0.2, 0) is 0 Å². The van der Waals surface area contributed by atoms with Gasteiger partial charge in [0.1, 0.15) is 5.75 Å². The van der Waals surface area contributed by atoms with Gasteiger partial charge in [0.15, 0.2) is 23.0 Å². The second-order valence-corrected chi connectivity index (χ2v) is 4.36.